The van der Waals surface area contributed by atoms with Crippen molar-refractivity contribution in [3.63, 3.8) is 0 Å². The van der Waals surface area contributed by atoms with E-state index < -0.39 is 4.92 Å². The van der Waals surface area contributed by atoms with E-state index in [1.165, 1.54) is 18.3 Å². The highest BCUT2D eigenvalue weighted by Crippen LogP contribution is 2.31. The van der Waals surface area contributed by atoms with Crippen LogP contribution in [0.2, 0.25) is 0 Å². The van der Waals surface area contributed by atoms with Gasteiger partial charge in [0.15, 0.2) is 0 Å². The van der Waals surface area contributed by atoms with E-state index in [9.17, 15) is 10.1 Å². The number of nitriles is 1. The van der Waals surface area contributed by atoms with Crippen molar-refractivity contribution in [1.82, 2.24) is 4.98 Å². The Labute approximate surface area is 115 Å². The number of benzene rings is 1. The first-order chi connectivity index (χ1) is 9.51. The summed E-state index contributed by atoms with van der Waals surface area (Å²) in [6, 6.07) is 8.05. The number of ether oxygens (including phenoxy) is 1. The minimum Gasteiger partial charge on any atom is -0.457 e. The summed E-state index contributed by atoms with van der Waals surface area (Å²) in [4.78, 5) is 14.3. The predicted octanol–water partition coefficient (Wildman–Crippen LogP) is 3.27. The Hall–Kier alpha value is -2.94. The van der Waals surface area contributed by atoms with Gasteiger partial charge >= 0.3 is 0 Å². The van der Waals surface area contributed by atoms with Gasteiger partial charge in [-0.25, -0.2) is 4.98 Å². The first kappa shape index (κ1) is 13.5. The van der Waals surface area contributed by atoms with Crippen molar-refractivity contribution in [2.24, 2.45) is 0 Å². The molecule has 0 bridgehead atoms. The molecule has 1 aromatic carbocycles. The maximum Gasteiger partial charge on any atom is 0.276 e. The van der Waals surface area contributed by atoms with Gasteiger partial charge in [0.05, 0.1) is 11.0 Å². The largest absolute Gasteiger partial charge is 0.457 e. The van der Waals surface area contributed by atoms with E-state index in [4.69, 9.17) is 10.00 Å². The third-order valence-corrected chi connectivity index (χ3v) is 2.76. The molecule has 6 heteroatoms. The summed E-state index contributed by atoms with van der Waals surface area (Å²) in [7, 11) is 0. The van der Waals surface area contributed by atoms with Crippen LogP contribution in [0, 0.1) is 35.3 Å². The topological polar surface area (TPSA) is 89.1 Å². The molecule has 20 heavy (non-hydrogen) atoms. The van der Waals surface area contributed by atoms with E-state index in [0.717, 1.165) is 5.56 Å². The van der Waals surface area contributed by atoms with Crippen LogP contribution in [0.25, 0.3) is 0 Å². The number of hydrogen-bond donors (Lipinski definition) is 0. The van der Waals surface area contributed by atoms with Crippen LogP contribution in [0.4, 0.5) is 5.69 Å². The van der Waals surface area contributed by atoms with Gasteiger partial charge < -0.3 is 4.74 Å². The van der Waals surface area contributed by atoms with E-state index in [-0.39, 0.29) is 11.4 Å². The van der Waals surface area contributed by atoms with Crippen LogP contribution in [-0.2, 0) is 0 Å². The van der Waals surface area contributed by atoms with Crippen molar-refractivity contribution in [2.45, 2.75) is 13.8 Å². The van der Waals surface area contributed by atoms with Gasteiger partial charge in [0.2, 0.25) is 0 Å². The van der Waals surface area contributed by atoms with E-state index in [2.05, 4.69) is 4.98 Å². The molecule has 0 aliphatic carbocycles. The molecule has 0 aliphatic heterocycles. The molecule has 2 aromatic rings. The van der Waals surface area contributed by atoms with E-state index >= 15 is 0 Å². The Morgan fingerprint density at radius 2 is 2.05 bits per heavy atom. The van der Waals surface area contributed by atoms with Crippen molar-refractivity contribution < 1.29 is 9.66 Å². The highest BCUT2D eigenvalue weighted by molar-refractivity contribution is 5.51. The lowest BCUT2D eigenvalue weighted by Crippen LogP contribution is -1.96. The molecule has 0 radical (unpaired) electrons. The average Bonchev–Trinajstić information content (AvgIpc) is 2.41. The number of rotatable bonds is 3. The van der Waals surface area contributed by atoms with E-state index in [0.29, 0.717) is 17.1 Å². The van der Waals surface area contributed by atoms with Crippen molar-refractivity contribution in [1.29, 1.82) is 5.26 Å². The van der Waals surface area contributed by atoms with Crippen LogP contribution in [0.3, 0.4) is 0 Å². The third-order valence-electron chi connectivity index (χ3n) is 2.76. The number of nitro groups is 1. The monoisotopic (exact) mass is 269 g/mol. The van der Waals surface area contributed by atoms with Gasteiger partial charge in [0, 0.05) is 17.8 Å². The number of aryl methyl sites for hydroxylation is 2. The summed E-state index contributed by atoms with van der Waals surface area (Å²) < 4.78 is 5.60. The Balaban J connectivity index is 2.40. The van der Waals surface area contributed by atoms with Gasteiger partial charge in [0.25, 0.3) is 5.69 Å². The van der Waals surface area contributed by atoms with Crippen molar-refractivity contribution in [3.05, 3.63) is 57.4 Å². The highest BCUT2D eigenvalue weighted by Gasteiger charge is 2.15. The molecule has 0 aliphatic rings. The summed E-state index contributed by atoms with van der Waals surface area (Å²) in [5.74, 6) is 0.801. The third kappa shape index (κ3) is 2.72. The molecule has 100 valence electrons. The first-order valence-corrected chi connectivity index (χ1v) is 5.81. The van der Waals surface area contributed by atoms with Gasteiger partial charge in [-0.15, -0.1) is 0 Å². The molecular weight excluding hydrogens is 258 g/mol. The fourth-order valence-electron chi connectivity index (χ4n) is 1.79. The lowest BCUT2D eigenvalue weighted by atomic mass is 10.1. The van der Waals surface area contributed by atoms with Crippen molar-refractivity contribution >= 4 is 5.69 Å². The quantitative estimate of drug-likeness (QED) is 0.630. The number of nitrogens with zero attached hydrogens (tertiary/aromatic N) is 3. The summed E-state index contributed by atoms with van der Waals surface area (Å²) in [5, 5.41) is 19.7. The van der Waals surface area contributed by atoms with Gasteiger partial charge in [-0.05, 0) is 31.5 Å². The lowest BCUT2D eigenvalue weighted by Gasteiger charge is -2.09. The van der Waals surface area contributed by atoms with Crippen LogP contribution < -0.4 is 4.74 Å². The average molecular weight is 269 g/mol. The second kappa shape index (κ2) is 5.36. The Morgan fingerprint density at radius 3 is 2.70 bits per heavy atom. The Bertz CT molecular complexity index is 720. The molecule has 0 fully saturated rings. The van der Waals surface area contributed by atoms with Crippen LogP contribution >= 0.6 is 0 Å². The standard InChI is InChI=1S/C14H11N3O3/c1-9-5-10(2)14(7-13(9)17(18)19)20-12-3-4-16-11(6-12)8-15/h3-7H,1-2H3. The normalized spacial score (nSPS) is 9.85. The fourth-order valence-corrected chi connectivity index (χ4v) is 1.79. The molecule has 0 spiro atoms. The molecule has 0 amide bonds. The van der Waals surface area contributed by atoms with Gasteiger partial charge in [-0.2, -0.15) is 5.26 Å². The zero-order chi connectivity index (χ0) is 14.7. The number of nitro benzene ring substituents is 1. The summed E-state index contributed by atoms with van der Waals surface area (Å²) >= 11 is 0. The van der Waals surface area contributed by atoms with Gasteiger partial charge in [-0.1, -0.05) is 0 Å². The van der Waals surface area contributed by atoms with Crippen LogP contribution in [0.5, 0.6) is 11.5 Å². The minimum atomic E-state index is -0.450. The molecule has 0 saturated carbocycles. The first-order valence-electron chi connectivity index (χ1n) is 5.81. The molecule has 0 saturated heterocycles. The second-order valence-corrected chi connectivity index (χ2v) is 4.25. The number of hydrogen-bond acceptors (Lipinski definition) is 5. The molecule has 0 unspecified atom stereocenters. The molecular formula is C14H11N3O3. The molecule has 0 N–H and O–H groups in total. The lowest BCUT2D eigenvalue weighted by molar-refractivity contribution is -0.385. The van der Waals surface area contributed by atoms with Crippen molar-refractivity contribution in [3.8, 4) is 17.6 Å². The number of pyridine rings is 1. The molecule has 1 heterocycles. The van der Waals surface area contributed by atoms with Crippen LogP contribution in [0.15, 0.2) is 30.5 Å². The fraction of sp³-hybridized carbons (Fsp3) is 0.143. The summed E-state index contributed by atoms with van der Waals surface area (Å²) in [6.07, 6.45) is 1.45. The zero-order valence-electron chi connectivity index (χ0n) is 11.0. The molecule has 0 atom stereocenters. The van der Waals surface area contributed by atoms with E-state index in [1.807, 2.05) is 6.07 Å². The Morgan fingerprint density at radius 1 is 1.30 bits per heavy atom. The summed E-state index contributed by atoms with van der Waals surface area (Å²) in [6.45, 7) is 3.48. The van der Waals surface area contributed by atoms with Crippen LogP contribution in [-0.4, -0.2) is 9.91 Å². The molecule has 2 rings (SSSR count). The SMILES string of the molecule is Cc1cc(C)c([N+](=O)[O-])cc1Oc1ccnc(C#N)c1. The zero-order valence-corrected chi connectivity index (χ0v) is 11.0. The smallest absolute Gasteiger partial charge is 0.276 e. The van der Waals surface area contributed by atoms with Gasteiger partial charge in [-0.3, -0.25) is 10.1 Å². The molecule has 1 aromatic heterocycles. The Kier molecular flexibility index (Phi) is 3.62. The maximum atomic E-state index is 10.9. The highest BCUT2D eigenvalue weighted by atomic mass is 16.6. The molecule has 6 nitrogen and oxygen atoms in total. The maximum absolute atomic E-state index is 10.9. The van der Waals surface area contributed by atoms with Gasteiger partial charge in [0.1, 0.15) is 23.3 Å². The van der Waals surface area contributed by atoms with Crippen LogP contribution in [0.1, 0.15) is 16.8 Å². The predicted molar refractivity (Wildman–Crippen MR) is 71.6 cm³/mol. The summed E-state index contributed by atoms with van der Waals surface area (Å²) in [5.41, 5.74) is 1.58. The second-order valence-electron chi connectivity index (χ2n) is 4.25. The van der Waals surface area contributed by atoms with E-state index in [1.54, 1.807) is 26.0 Å². The number of aromatic nitrogens is 1. The minimum absolute atomic E-state index is 0.000151. The van der Waals surface area contributed by atoms with Crippen molar-refractivity contribution in [2.75, 3.05) is 0 Å².